The Morgan fingerprint density at radius 2 is 1.81 bits per heavy atom. The second-order valence-electron chi connectivity index (χ2n) is 9.49. The number of aliphatic hydroxyl groups is 1. The Morgan fingerprint density at radius 3 is 2.56 bits per heavy atom. The van der Waals surface area contributed by atoms with Crippen LogP contribution in [0.3, 0.4) is 0 Å². The molecule has 1 saturated heterocycles. The van der Waals surface area contributed by atoms with Crippen molar-refractivity contribution in [3.63, 3.8) is 0 Å². The molecule has 0 aliphatic carbocycles. The number of para-hydroxylation sites is 2. The predicted molar refractivity (Wildman–Crippen MR) is 143 cm³/mol. The van der Waals surface area contributed by atoms with Crippen molar-refractivity contribution in [2.75, 3.05) is 26.8 Å². The zero-order chi connectivity index (χ0) is 25.1. The second-order valence-corrected chi connectivity index (χ2v) is 9.49. The Balaban J connectivity index is 1.53. The number of likely N-dealkylation sites (tertiary alicyclic amines) is 1. The molecule has 0 unspecified atom stereocenters. The number of aryl methyl sites for hydroxylation is 1. The number of pyridine rings is 1. The van der Waals surface area contributed by atoms with E-state index in [1.807, 2.05) is 51.7 Å². The van der Waals surface area contributed by atoms with E-state index in [9.17, 15) is 9.90 Å². The fourth-order valence-electron chi connectivity index (χ4n) is 5.48. The van der Waals surface area contributed by atoms with Crippen LogP contribution in [0.2, 0.25) is 0 Å². The number of unbranched alkanes of at least 4 members (excludes halogenated alkanes) is 1. The van der Waals surface area contributed by atoms with Gasteiger partial charge in [-0.25, -0.2) is 4.79 Å². The lowest BCUT2D eigenvalue weighted by Gasteiger charge is -2.34. The Hall–Kier alpha value is -3.58. The van der Waals surface area contributed by atoms with Crippen molar-refractivity contribution in [1.82, 2.24) is 19.0 Å². The van der Waals surface area contributed by atoms with Crippen molar-refractivity contribution in [1.29, 1.82) is 0 Å². The van der Waals surface area contributed by atoms with Crippen LogP contribution >= 0.6 is 0 Å². The van der Waals surface area contributed by atoms with Crippen LogP contribution in [0.25, 0.3) is 21.8 Å². The minimum Gasteiger partial charge on any atom is -0.483 e. The third-order valence-corrected chi connectivity index (χ3v) is 7.42. The van der Waals surface area contributed by atoms with E-state index >= 15 is 0 Å². The summed E-state index contributed by atoms with van der Waals surface area (Å²) in [7, 11) is 1.64. The molecule has 1 fully saturated rings. The summed E-state index contributed by atoms with van der Waals surface area (Å²) in [5, 5.41) is 11.6. The topological polar surface area (TPSA) is 72.5 Å². The predicted octanol–water partition coefficient (Wildman–Crippen LogP) is 4.47. The van der Waals surface area contributed by atoms with Crippen LogP contribution in [-0.2, 0) is 17.7 Å². The van der Waals surface area contributed by atoms with Crippen molar-refractivity contribution in [2.45, 2.75) is 44.7 Å². The minimum atomic E-state index is 0.0106. The molecule has 0 spiro atoms. The fourth-order valence-corrected chi connectivity index (χ4v) is 5.48. The quantitative estimate of drug-likeness (QED) is 0.279. The van der Waals surface area contributed by atoms with E-state index in [1.165, 1.54) is 5.39 Å². The molecular weight excluding hydrogens is 452 g/mol. The van der Waals surface area contributed by atoms with Crippen molar-refractivity contribution in [2.24, 2.45) is 0 Å². The Morgan fingerprint density at radius 1 is 1.08 bits per heavy atom. The number of aliphatic hydroxyl groups excluding tert-OH is 1. The largest absolute Gasteiger partial charge is 0.483 e. The summed E-state index contributed by atoms with van der Waals surface area (Å²) >= 11 is 0. The molecule has 4 aromatic rings. The van der Waals surface area contributed by atoms with E-state index in [-0.39, 0.29) is 18.3 Å². The molecule has 0 amide bonds. The van der Waals surface area contributed by atoms with Gasteiger partial charge in [0.1, 0.15) is 0 Å². The number of nitrogens with zero attached hydrogens (tertiary/aromatic N) is 4. The molecule has 0 bridgehead atoms. The number of imidazole rings is 1. The van der Waals surface area contributed by atoms with Crippen LogP contribution in [0.4, 0.5) is 0 Å². The molecule has 2 aromatic heterocycles. The van der Waals surface area contributed by atoms with Gasteiger partial charge in [-0.05, 0) is 61.8 Å². The molecule has 3 heterocycles. The Bertz CT molecular complexity index is 1430. The van der Waals surface area contributed by atoms with Gasteiger partial charge in [0.25, 0.3) is 0 Å². The van der Waals surface area contributed by atoms with Gasteiger partial charge < -0.3 is 14.7 Å². The first-order chi connectivity index (χ1) is 17.6. The number of methoxy groups -OCH3 is 1. The Kier molecular flexibility index (Phi) is 7.09. The summed E-state index contributed by atoms with van der Waals surface area (Å²) in [5.74, 6) is 0.680. The first-order valence-corrected chi connectivity index (χ1v) is 12.8. The van der Waals surface area contributed by atoms with Gasteiger partial charge in [0.2, 0.25) is 0 Å². The summed E-state index contributed by atoms with van der Waals surface area (Å²) in [6, 6.07) is 16.5. The van der Waals surface area contributed by atoms with E-state index in [4.69, 9.17) is 9.72 Å². The molecule has 1 aliphatic rings. The SMILES string of the molecule is C=C(OC)N1CCC(n2c(=O)n(Cc3ncc4ccccc4c3CCCCO)c3ccccc32)CC1. The summed E-state index contributed by atoms with van der Waals surface area (Å²) in [5.41, 5.74) is 3.99. The molecule has 0 radical (unpaired) electrons. The molecule has 1 aliphatic heterocycles. The second kappa shape index (κ2) is 10.6. The number of rotatable bonds is 9. The van der Waals surface area contributed by atoms with Gasteiger partial charge in [-0.3, -0.25) is 14.1 Å². The minimum absolute atomic E-state index is 0.0106. The molecule has 2 aromatic carbocycles. The van der Waals surface area contributed by atoms with Gasteiger partial charge in [0.15, 0.2) is 5.88 Å². The molecule has 188 valence electrons. The van der Waals surface area contributed by atoms with Crippen LogP contribution in [0.1, 0.15) is 43.0 Å². The third kappa shape index (κ3) is 4.51. The van der Waals surface area contributed by atoms with Crippen LogP contribution < -0.4 is 5.69 Å². The van der Waals surface area contributed by atoms with Gasteiger partial charge in [0.05, 0.1) is 30.4 Å². The maximum atomic E-state index is 13.9. The van der Waals surface area contributed by atoms with Crippen LogP contribution in [-0.4, -0.2) is 50.9 Å². The van der Waals surface area contributed by atoms with Crippen LogP contribution in [0.5, 0.6) is 0 Å². The van der Waals surface area contributed by atoms with Crippen LogP contribution in [0.15, 0.2) is 72.0 Å². The average Bonchev–Trinajstić information content (AvgIpc) is 3.20. The smallest absolute Gasteiger partial charge is 0.329 e. The Labute approximate surface area is 211 Å². The molecule has 7 nitrogen and oxygen atoms in total. The molecule has 36 heavy (non-hydrogen) atoms. The summed E-state index contributed by atoms with van der Waals surface area (Å²) < 4.78 is 9.17. The summed E-state index contributed by atoms with van der Waals surface area (Å²) in [4.78, 5) is 20.9. The number of hydrogen-bond acceptors (Lipinski definition) is 5. The lowest BCUT2D eigenvalue weighted by Crippen LogP contribution is -2.37. The number of fused-ring (bicyclic) bond motifs is 2. The first-order valence-electron chi connectivity index (χ1n) is 12.8. The highest BCUT2D eigenvalue weighted by atomic mass is 16.5. The van der Waals surface area contributed by atoms with Crippen molar-refractivity contribution in [3.8, 4) is 0 Å². The molecule has 5 rings (SSSR count). The number of aromatic nitrogens is 3. The van der Waals surface area contributed by atoms with Gasteiger partial charge in [-0.2, -0.15) is 0 Å². The third-order valence-electron chi connectivity index (χ3n) is 7.42. The molecule has 7 heteroatoms. The molecule has 0 saturated carbocycles. The van der Waals surface area contributed by atoms with Crippen molar-refractivity contribution >= 4 is 21.8 Å². The van der Waals surface area contributed by atoms with Gasteiger partial charge in [0, 0.05) is 37.3 Å². The summed E-state index contributed by atoms with van der Waals surface area (Å²) in [6.45, 7) is 6.20. The van der Waals surface area contributed by atoms with E-state index in [0.29, 0.717) is 12.4 Å². The van der Waals surface area contributed by atoms with Crippen molar-refractivity contribution < 1.29 is 9.84 Å². The lowest BCUT2D eigenvalue weighted by molar-refractivity contribution is 0.120. The maximum absolute atomic E-state index is 13.9. The van der Waals surface area contributed by atoms with E-state index in [1.54, 1.807) is 7.11 Å². The van der Waals surface area contributed by atoms with E-state index in [2.05, 4.69) is 23.6 Å². The zero-order valence-corrected chi connectivity index (χ0v) is 20.9. The highest BCUT2D eigenvalue weighted by molar-refractivity contribution is 5.85. The van der Waals surface area contributed by atoms with Gasteiger partial charge >= 0.3 is 5.69 Å². The lowest BCUT2D eigenvalue weighted by atomic mass is 9.99. The normalized spacial score (nSPS) is 14.6. The van der Waals surface area contributed by atoms with E-state index in [0.717, 1.165) is 72.9 Å². The standard InChI is InChI=1S/C29H34N4O3/c1-21(36-2)31-16-14-23(15-17-31)33-28-13-6-5-12-27(28)32(29(33)35)20-26-25(11-7-8-18-34)24-10-4-3-9-22(24)19-30-26/h3-6,9-10,12-13,19,23,34H,1,7-8,11,14-18,20H2,2H3. The number of piperidine rings is 1. The summed E-state index contributed by atoms with van der Waals surface area (Å²) in [6.07, 6.45) is 6.06. The monoisotopic (exact) mass is 486 g/mol. The highest BCUT2D eigenvalue weighted by Gasteiger charge is 2.26. The van der Waals surface area contributed by atoms with E-state index < -0.39 is 0 Å². The molecule has 1 N–H and O–H groups in total. The van der Waals surface area contributed by atoms with Gasteiger partial charge in [-0.1, -0.05) is 36.4 Å². The van der Waals surface area contributed by atoms with Crippen LogP contribution in [0, 0.1) is 0 Å². The average molecular weight is 487 g/mol. The highest BCUT2D eigenvalue weighted by Crippen LogP contribution is 2.28. The zero-order valence-electron chi connectivity index (χ0n) is 20.9. The number of ether oxygens (including phenoxy) is 1. The number of hydrogen-bond donors (Lipinski definition) is 1. The van der Waals surface area contributed by atoms with Gasteiger partial charge in [-0.15, -0.1) is 0 Å². The van der Waals surface area contributed by atoms with Crippen molar-refractivity contribution in [3.05, 3.63) is 88.9 Å². The number of benzene rings is 2. The fraction of sp³-hybridized carbons (Fsp3) is 0.379. The first kappa shape index (κ1) is 24.1. The molecular formula is C29H34N4O3. The molecule has 0 atom stereocenters. The maximum Gasteiger partial charge on any atom is 0.329 e.